The first kappa shape index (κ1) is 9.47. The molecule has 0 saturated heterocycles. The van der Waals surface area contributed by atoms with Crippen molar-refractivity contribution in [1.82, 2.24) is 9.78 Å². The van der Waals surface area contributed by atoms with E-state index in [1.807, 2.05) is 22.9 Å². The Hall–Kier alpha value is -1.75. The molecule has 0 fully saturated rings. The average Bonchev–Trinajstić information content (AvgIpc) is 2.65. The Morgan fingerprint density at radius 3 is 3.19 bits per heavy atom. The van der Waals surface area contributed by atoms with Crippen molar-refractivity contribution in [3.8, 4) is 0 Å². The van der Waals surface area contributed by atoms with Crippen LogP contribution in [-0.2, 0) is 0 Å². The highest BCUT2D eigenvalue weighted by Crippen LogP contribution is 2.31. The van der Waals surface area contributed by atoms with E-state index in [1.165, 1.54) is 0 Å². The maximum Gasteiger partial charge on any atom is 0.132 e. The third-order valence-corrected chi connectivity index (χ3v) is 3.11. The van der Waals surface area contributed by atoms with E-state index in [9.17, 15) is 0 Å². The number of anilines is 2. The van der Waals surface area contributed by atoms with E-state index in [0.29, 0.717) is 12.6 Å². The fourth-order valence-corrected chi connectivity index (χ4v) is 2.26. The number of fused-ring (bicyclic) bond motifs is 3. The fraction of sp³-hybridized carbons (Fsp3) is 0.364. The van der Waals surface area contributed by atoms with Crippen LogP contribution in [0.4, 0.5) is 11.5 Å². The summed E-state index contributed by atoms with van der Waals surface area (Å²) in [6.45, 7) is 1.57. The van der Waals surface area contributed by atoms with Gasteiger partial charge in [-0.05, 0) is 24.6 Å². The van der Waals surface area contributed by atoms with E-state index in [4.69, 9.17) is 11.5 Å². The first-order chi connectivity index (χ1) is 7.79. The predicted molar refractivity (Wildman–Crippen MR) is 65.3 cm³/mol. The molecule has 2 heterocycles. The van der Waals surface area contributed by atoms with E-state index >= 15 is 0 Å². The van der Waals surface area contributed by atoms with Crippen molar-refractivity contribution in [2.24, 2.45) is 5.73 Å². The molecule has 5 N–H and O–H groups in total. The Balaban J connectivity index is 2.24. The zero-order valence-corrected chi connectivity index (χ0v) is 8.98. The molecule has 0 radical (unpaired) electrons. The SMILES string of the molecule is NCC1CCNc2c3ccc(N)cc3nn21. The van der Waals surface area contributed by atoms with Crippen LogP contribution in [0.1, 0.15) is 12.5 Å². The first-order valence-corrected chi connectivity index (χ1v) is 5.51. The molecule has 0 spiro atoms. The van der Waals surface area contributed by atoms with Gasteiger partial charge in [0.1, 0.15) is 5.82 Å². The van der Waals surface area contributed by atoms with Crippen LogP contribution in [0.3, 0.4) is 0 Å². The molecule has 0 bridgehead atoms. The molecule has 0 saturated carbocycles. The molecule has 1 unspecified atom stereocenters. The average molecular weight is 217 g/mol. The van der Waals surface area contributed by atoms with Gasteiger partial charge in [0.25, 0.3) is 0 Å². The van der Waals surface area contributed by atoms with Gasteiger partial charge in [0.05, 0.1) is 11.6 Å². The second kappa shape index (κ2) is 3.38. The molecule has 1 aliphatic rings. The summed E-state index contributed by atoms with van der Waals surface area (Å²) in [5.74, 6) is 1.07. The molecule has 0 amide bonds. The van der Waals surface area contributed by atoms with Gasteiger partial charge in [-0.2, -0.15) is 5.10 Å². The summed E-state index contributed by atoms with van der Waals surface area (Å²) in [6, 6.07) is 6.11. The normalized spacial score (nSPS) is 19.4. The minimum Gasteiger partial charge on any atom is -0.399 e. The van der Waals surface area contributed by atoms with Crippen LogP contribution in [0.2, 0.25) is 0 Å². The van der Waals surface area contributed by atoms with Crippen molar-refractivity contribution in [2.75, 3.05) is 24.1 Å². The summed E-state index contributed by atoms with van der Waals surface area (Å²) in [5, 5.41) is 9.05. The van der Waals surface area contributed by atoms with E-state index in [0.717, 1.165) is 35.4 Å². The topological polar surface area (TPSA) is 81.9 Å². The van der Waals surface area contributed by atoms with Crippen molar-refractivity contribution in [2.45, 2.75) is 12.5 Å². The molecule has 1 aromatic heterocycles. The largest absolute Gasteiger partial charge is 0.399 e. The number of nitrogen functional groups attached to an aromatic ring is 1. The Kier molecular flexibility index (Phi) is 2.00. The Labute approximate surface area is 93.4 Å². The highest BCUT2D eigenvalue weighted by molar-refractivity contribution is 5.92. The van der Waals surface area contributed by atoms with Gasteiger partial charge in [0, 0.05) is 24.2 Å². The summed E-state index contributed by atoms with van der Waals surface area (Å²) in [7, 11) is 0. The number of rotatable bonds is 1. The van der Waals surface area contributed by atoms with Crippen molar-refractivity contribution in [3.05, 3.63) is 18.2 Å². The molecule has 16 heavy (non-hydrogen) atoms. The molecule has 1 aromatic carbocycles. The maximum absolute atomic E-state index is 5.76. The lowest BCUT2D eigenvalue weighted by molar-refractivity contribution is 0.431. The van der Waals surface area contributed by atoms with Gasteiger partial charge in [-0.15, -0.1) is 0 Å². The lowest BCUT2D eigenvalue weighted by Crippen LogP contribution is -2.28. The summed E-state index contributed by atoms with van der Waals surface area (Å²) >= 11 is 0. The molecule has 3 rings (SSSR count). The number of aromatic nitrogens is 2. The van der Waals surface area contributed by atoms with Crippen molar-refractivity contribution >= 4 is 22.4 Å². The second-order valence-corrected chi connectivity index (χ2v) is 4.17. The van der Waals surface area contributed by atoms with E-state index < -0.39 is 0 Å². The van der Waals surface area contributed by atoms with Gasteiger partial charge in [-0.25, -0.2) is 4.68 Å². The quantitative estimate of drug-likeness (QED) is 0.621. The Bertz CT molecular complexity index is 530. The summed E-state index contributed by atoms with van der Waals surface area (Å²) in [6.07, 6.45) is 1.02. The lowest BCUT2D eigenvalue weighted by Gasteiger charge is -2.24. The standard InChI is InChI=1S/C11H15N5/c12-6-8-3-4-14-11-9-2-1-7(13)5-10(9)15-16(8)11/h1-2,5,8,14H,3-4,6,12-13H2. The van der Waals surface area contributed by atoms with Gasteiger partial charge >= 0.3 is 0 Å². The van der Waals surface area contributed by atoms with Crippen LogP contribution in [0, 0.1) is 0 Å². The number of benzene rings is 1. The van der Waals surface area contributed by atoms with Gasteiger partial charge in [0.2, 0.25) is 0 Å². The minimum absolute atomic E-state index is 0.296. The molecule has 1 aliphatic heterocycles. The van der Waals surface area contributed by atoms with Crippen LogP contribution < -0.4 is 16.8 Å². The molecular formula is C11H15N5. The number of nitrogens with one attached hydrogen (secondary N) is 1. The van der Waals surface area contributed by atoms with E-state index in [2.05, 4.69) is 10.4 Å². The maximum atomic E-state index is 5.76. The van der Waals surface area contributed by atoms with Crippen LogP contribution in [-0.4, -0.2) is 22.9 Å². The summed E-state index contributed by atoms with van der Waals surface area (Å²) < 4.78 is 1.99. The highest BCUT2D eigenvalue weighted by Gasteiger charge is 2.21. The molecule has 1 atom stereocenters. The Morgan fingerprint density at radius 1 is 1.50 bits per heavy atom. The number of hydrogen-bond acceptors (Lipinski definition) is 4. The zero-order valence-electron chi connectivity index (χ0n) is 8.98. The third-order valence-electron chi connectivity index (χ3n) is 3.11. The van der Waals surface area contributed by atoms with Crippen molar-refractivity contribution in [1.29, 1.82) is 0 Å². The van der Waals surface area contributed by atoms with Crippen molar-refractivity contribution in [3.63, 3.8) is 0 Å². The summed E-state index contributed by atoms with van der Waals surface area (Å²) in [4.78, 5) is 0. The molecule has 5 heteroatoms. The molecule has 2 aromatic rings. The minimum atomic E-state index is 0.296. The first-order valence-electron chi connectivity index (χ1n) is 5.51. The van der Waals surface area contributed by atoms with Crippen LogP contribution in [0.25, 0.3) is 10.9 Å². The van der Waals surface area contributed by atoms with Gasteiger partial charge in [0.15, 0.2) is 0 Å². The molecule has 0 aliphatic carbocycles. The molecule has 5 nitrogen and oxygen atoms in total. The summed E-state index contributed by atoms with van der Waals surface area (Å²) in [5.41, 5.74) is 13.2. The van der Waals surface area contributed by atoms with E-state index in [-0.39, 0.29) is 0 Å². The van der Waals surface area contributed by atoms with Gasteiger partial charge in [-0.1, -0.05) is 0 Å². The fourth-order valence-electron chi connectivity index (χ4n) is 2.26. The monoisotopic (exact) mass is 217 g/mol. The second-order valence-electron chi connectivity index (χ2n) is 4.17. The van der Waals surface area contributed by atoms with Gasteiger partial charge in [-0.3, -0.25) is 0 Å². The lowest BCUT2D eigenvalue weighted by atomic mass is 10.1. The van der Waals surface area contributed by atoms with E-state index in [1.54, 1.807) is 0 Å². The van der Waals surface area contributed by atoms with Crippen molar-refractivity contribution < 1.29 is 0 Å². The number of nitrogens with two attached hydrogens (primary N) is 2. The third kappa shape index (κ3) is 1.25. The van der Waals surface area contributed by atoms with Crippen LogP contribution in [0.15, 0.2) is 18.2 Å². The zero-order chi connectivity index (χ0) is 11.1. The smallest absolute Gasteiger partial charge is 0.132 e. The predicted octanol–water partition coefficient (Wildman–Crippen LogP) is 0.934. The molecule has 84 valence electrons. The number of hydrogen-bond donors (Lipinski definition) is 3. The molecular weight excluding hydrogens is 202 g/mol. The highest BCUT2D eigenvalue weighted by atomic mass is 15.4. The van der Waals surface area contributed by atoms with Gasteiger partial charge < -0.3 is 16.8 Å². The van der Waals surface area contributed by atoms with Crippen LogP contribution >= 0.6 is 0 Å². The number of nitrogens with zero attached hydrogens (tertiary/aromatic N) is 2. The van der Waals surface area contributed by atoms with Crippen LogP contribution in [0.5, 0.6) is 0 Å². The Morgan fingerprint density at radius 2 is 2.38 bits per heavy atom.